The van der Waals surface area contributed by atoms with Crippen molar-refractivity contribution in [3.63, 3.8) is 0 Å². The van der Waals surface area contributed by atoms with Crippen molar-refractivity contribution < 1.29 is 4.52 Å². The van der Waals surface area contributed by atoms with Gasteiger partial charge in [-0.05, 0) is 55.4 Å². The Labute approximate surface area is 147 Å². The zero-order chi connectivity index (χ0) is 15.0. The summed E-state index contributed by atoms with van der Waals surface area (Å²) < 4.78 is 5.39. The molecule has 0 unspecified atom stereocenters. The van der Waals surface area contributed by atoms with Gasteiger partial charge in [0.25, 0.3) is 0 Å². The van der Waals surface area contributed by atoms with Crippen molar-refractivity contribution in [2.24, 2.45) is 5.73 Å². The standard InChI is InChI=1S/C17H21N3OS.ClH/c18-17(8-1-2-9-17)16-19-15(21-20-16)11-22-14-7-6-12-4-3-5-13(12)10-14;/h6-7,10H,1-5,8-9,11,18H2;1H. The minimum absolute atomic E-state index is 0. The van der Waals surface area contributed by atoms with Gasteiger partial charge in [-0.15, -0.1) is 24.2 Å². The SMILES string of the molecule is Cl.NC1(c2noc(CSc3ccc4c(c3)CCC4)n2)CCCC1. The first-order valence-electron chi connectivity index (χ1n) is 8.09. The van der Waals surface area contributed by atoms with E-state index in [1.165, 1.54) is 35.3 Å². The highest BCUT2D eigenvalue weighted by Gasteiger charge is 2.35. The summed E-state index contributed by atoms with van der Waals surface area (Å²) in [5, 5.41) is 4.12. The first kappa shape index (κ1) is 16.8. The second-order valence-electron chi connectivity index (χ2n) is 6.45. The van der Waals surface area contributed by atoms with Crippen molar-refractivity contribution in [1.82, 2.24) is 10.1 Å². The topological polar surface area (TPSA) is 64.9 Å². The van der Waals surface area contributed by atoms with Gasteiger partial charge in [0.05, 0.1) is 11.3 Å². The third-order valence-electron chi connectivity index (χ3n) is 4.84. The molecule has 1 aromatic carbocycles. The second-order valence-corrected chi connectivity index (χ2v) is 7.50. The van der Waals surface area contributed by atoms with E-state index in [9.17, 15) is 0 Å². The van der Waals surface area contributed by atoms with E-state index in [1.807, 2.05) is 0 Å². The predicted octanol–water partition coefficient (Wildman–Crippen LogP) is 4.00. The number of halogens is 1. The molecule has 1 heterocycles. The van der Waals surface area contributed by atoms with E-state index < -0.39 is 0 Å². The molecule has 2 aromatic rings. The highest BCUT2D eigenvalue weighted by Crippen LogP contribution is 2.35. The molecular weight excluding hydrogens is 330 g/mol. The summed E-state index contributed by atoms with van der Waals surface area (Å²) in [6, 6.07) is 6.77. The van der Waals surface area contributed by atoms with Crippen LogP contribution in [0.3, 0.4) is 0 Å². The lowest BCUT2D eigenvalue weighted by Crippen LogP contribution is -2.34. The van der Waals surface area contributed by atoms with Crippen LogP contribution in [0.4, 0.5) is 0 Å². The Morgan fingerprint density at radius 3 is 2.74 bits per heavy atom. The number of nitrogens with zero attached hydrogens (tertiary/aromatic N) is 2. The molecule has 0 saturated heterocycles. The Morgan fingerprint density at radius 2 is 1.91 bits per heavy atom. The van der Waals surface area contributed by atoms with Gasteiger partial charge in [0.15, 0.2) is 5.82 Å². The molecule has 0 radical (unpaired) electrons. The van der Waals surface area contributed by atoms with Crippen molar-refractivity contribution >= 4 is 24.2 Å². The molecule has 6 heteroatoms. The molecule has 0 aliphatic heterocycles. The highest BCUT2D eigenvalue weighted by atomic mass is 35.5. The fourth-order valence-electron chi connectivity index (χ4n) is 3.53. The van der Waals surface area contributed by atoms with Gasteiger partial charge in [-0.25, -0.2) is 0 Å². The highest BCUT2D eigenvalue weighted by molar-refractivity contribution is 7.98. The summed E-state index contributed by atoms with van der Waals surface area (Å²) in [7, 11) is 0. The number of benzene rings is 1. The van der Waals surface area contributed by atoms with E-state index in [1.54, 1.807) is 11.8 Å². The molecule has 4 nitrogen and oxygen atoms in total. The van der Waals surface area contributed by atoms with Crippen LogP contribution in [0, 0.1) is 0 Å². The van der Waals surface area contributed by atoms with Crippen molar-refractivity contribution in [1.29, 1.82) is 0 Å². The van der Waals surface area contributed by atoms with Crippen LogP contribution in [0.5, 0.6) is 0 Å². The lowest BCUT2D eigenvalue weighted by Gasteiger charge is -2.17. The molecule has 0 atom stereocenters. The average Bonchev–Trinajstić information content (AvgIpc) is 3.25. The van der Waals surface area contributed by atoms with Crippen LogP contribution in [-0.2, 0) is 24.1 Å². The Hall–Kier alpha value is -1.04. The molecule has 4 rings (SSSR count). The number of fused-ring (bicyclic) bond motifs is 1. The number of thioether (sulfide) groups is 1. The Morgan fingerprint density at radius 1 is 1.13 bits per heavy atom. The molecule has 2 N–H and O–H groups in total. The molecule has 1 saturated carbocycles. The maximum atomic E-state index is 6.37. The molecule has 2 aliphatic carbocycles. The first-order chi connectivity index (χ1) is 10.7. The molecule has 23 heavy (non-hydrogen) atoms. The number of hydrogen-bond donors (Lipinski definition) is 1. The molecule has 0 spiro atoms. The lowest BCUT2D eigenvalue weighted by atomic mass is 9.99. The number of aromatic nitrogens is 2. The maximum Gasteiger partial charge on any atom is 0.237 e. The molecule has 0 amide bonds. The fourth-order valence-corrected chi connectivity index (χ4v) is 4.33. The summed E-state index contributed by atoms with van der Waals surface area (Å²) in [6.07, 6.45) is 7.97. The summed E-state index contributed by atoms with van der Waals surface area (Å²) in [4.78, 5) is 5.81. The van der Waals surface area contributed by atoms with E-state index in [0.29, 0.717) is 17.5 Å². The minimum Gasteiger partial charge on any atom is -0.338 e. The van der Waals surface area contributed by atoms with Crippen LogP contribution >= 0.6 is 24.2 Å². The van der Waals surface area contributed by atoms with Gasteiger partial charge in [0.2, 0.25) is 5.89 Å². The van der Waals surface area contributed by atoms with Crippen LogP contribution in [0.2, 0.25) is 0 Å². The Kier molecular flexibility index (Phi) is 4.99. The number of hydrogen-bond acceptors (Lipinski definition) is 5. The number of rotatable bonds is 4. The quantitative estimate of drug-likeness (QED) is 0.843. The van der Waals surface area contributed by atoms with Crippen molar-refractivity contribution in [2.45, 2.75) is 61.1 Å². The van der Waals surface area contributed by atoms with Crippen molar-refractivity contribution in [2.75, 3.05) is 0 Å². The van der Waals surface area contributed by atoms with E-state index in [-0.39, 0.29) is 17.9 Å². The average molecular weight is 352 g/mol. The van der Waals surface area contributed by atoms with Gasteiger partial charge >= 0.3 is 0 Å². The third kappa shape index (κ3) is 3.42. The molecule has 1 fully saturated rings. The normalized spacial score (nSPS) is 18.7. The Balaban J connectivity index is 0.00000156. The van der Waals surface area contributed by atoms with Crippen molar-refractivity contribution in [3.05, 3.63) is 41.0 Å². The van der Waals surface area contributed by atoms with Crippen LogP contribution in [0.25, 0.3) is 0 Å². The van der Waals surface area contributed by atoms with E-state index in [0.717, 1.165) is 25.7 Å². The Bertz CT molecular complexity index is 682. The zero-order valence-electron chi connectivity index (χ0n) is 13.1. The van der Waals surface area contributed by atoms with Gasteiger partial charge in [-0.2, -0.15) is 4.98 Å². The number of aryl methyl sites for hydroxylation is 2. The maximum absolute atomic E-state index is 6.37. The van der Waals surface area contributed by atoms with E-state index in [4.69, 9.17) is 10.3 Å². The number of nitrogens with two attached hydrogens (primary N) is 1. The molecule has 1 aromatic heterocycles. The van der Waals surface area contributed by atoms with Crippen LogP contribution in [0.15, 0.2) is 27.6 Å². The third-order valence-corrected chi connectivity index (χ3v) is 5.82. The van der Waals surface area contributed by atoms with Gasteiger partial charge in [-0.1, -0.05) is 24.1 Å². The molecule has 124 valence electrons. The fraction of sp³-hybridized carbons (Fsp3) is 0.529. The van der Waals surface area contributed by atoms with E-state index >= 15 is 0 Å². The van der Waals surface area contributed by atoms with Gasteiger partial charge in [0.1, 0.15) is 0 Å². The largest absolute Gasteiger partial charge is 0.338 e. The second kappa shape index (κ2) is 6.83. The minimum atomic E-state index is -0.361. The van der Waals surface area contributed by atoms with Crippen LogP contribution < -0.4 is 5.73 Å². The smallest absolute Gasteiger partial charge is 0.237 e. The van der Waals surface area contributed by atoms with Crippen LogP contribution in [-0.4, -0.2) is 10.1 Å². The summed E-state index contributed by atoms with van der Waals surface area (Å²) in [5.74, 6) is 2.08. The molecular formula is C17H22ClN3OS. The van der Waals surface area contributed by atoms with E-state index in [2.05, 4.69) is 28.3 Å². The summed E-state index contributed by atoms with van der Waals surface area (Å²) in [6.45, 7) is 0. The lowest BCUT2D eigenvalue weighted by molar-refractivity contribution is 0.355. The van der Waals surface area contributed by atoms with Crippen LogP contribution in [0.1, 0.15) is 54.9 Å². The predicted molar refractivity (Wildman–Crippen MR) is 93.9 cm³/mol. The molecule has 2 aliphatic rings. The zero-order valence-corrected chi connectivity index (χ0v) is 14.7. The van der Waals surface area contributed by atoms with Gasteiger partial charge < -0.3 is 10.3 Å². The van der Waals surface area contributed by atoms with Crippen molar-refractivity contribution in [3.8, 4) is 0 Å². The monoisotopic (exact) mass is 351 g/mol. The van der Waals surface area contributed by atoms with Gasteiger partial charge in [-0.3, -0.25) is 0 Å². The summed E-state index contributed by atoms with van der Waals surface area (Å²) in [5.41, 5.74) is 9.02. The van der Waals surface area contributed by atoms with Gasteiger partial charge in [0, 0.05) is 4.90 Å². The summed E-state index contributed by atoms with van der Waals surface area (Å²) >= 11 is 1.76. The molecule has 0 bridgehead atoms. The first-order valence-corrected chi connectivity index (χ1v) is 9.08.